The zero-order valence-electron chi connectivity index (χ0n) is 11.0. The fourth-order valence-electron chi connectivity index (χ4n) is 1.97. The zero-order valence-corrected chi connectivity index (χ0v) is 11.0. The van der Waals surface area contributed by atoms with E-state index in [0.717, 1.165) is 17.9 Å². The highest BCUT2D eigenvalue weighted by atomic mass is 15.1. The third-order valence-electron chi connectivity index (χ3n) is 2.53. The van der Waals surface area contributed by atoms with Gasteiger partial charge < -0.3 is 4.90 Å². The van der Waals surface area contributed by atoms with Gasteiger partial charge in [0.25, 0.3) is 0 Å². The van der Waals surface area contributed by atoms with E-state index in [1.54, 1.807) is 0 Å². The first-order valence-corrected chi connectivity index (χ1v) is 6.21. The predicted molar refractivity (Wildman–Crippen MR) is 65.6 cm³/mol. The standard InChI is InChI=1S/C13H29N/c1-7-8-13(6)14(9-11(2)3)10-12(4)5/h11-13H,7-10H2,1-6H3. The summed E-state index contributed by atoms with van der Waals surface area (Å²) < 4.78 is 0. The Balaban J connectivity index is 4.08. The number of hydrogen-bond donors (Lipinski definition) is 0. The van der Waals surface area contributed by atoms with E-state index in [-0.39, 0.29) is 0 Å². The van der Waals surface area contributed by atoms with E-state index in [2.05, 4.69) is 46.4 Å². The van der Waals surface area contributed by atoms with Crippen LogP contribution < -0.4 is 0 Å². The maximum absolute atomic E-state index is 2.65. The van der Waals surface area contributed by atoms with Crippen molar-refractivity contribution < 1.29 is 0 Å². The monoisotopic (exact) mass is 199 g/mol. The average Bonchev–Trinajstić information content (AvgIpc) is 2.01. The van der Waals surface area contributed by atoms with E-state index in [1.807, 2.05) is 0 Å². The summed E-state index contributed by atoms with van der Waals surface area (Å²) in [6, 6.07) is 0.754. The Morgan fingerprint density at radius 2 is 1.29 bits per heavy atom. The van der Waals surface area contributed by atoms with Crippen molar-refractivity contribution in [2.45, 2.75) is 60.4 Å². The Morgan fingerprint density at radius 3 is 1.57 bits per heavy atom. The van der Waals surface area contributed by atoms with E-state index in [4.69, 9.17) is 0 Å². The van der Waals surface area contributed by atoms with E-state index in [0.29, 0.717) is 0 Å². The molecule has 1 unspecified atom stereocenters. The smallest absolute Gasteiger partial charge is 0.00670 e. The van der Waals surface area contributed by atoms with Gasteiger partial charge in [-0.3, -0.25) is 0 Å². The summed E-state index contributed by atoms with van der Waals surface area (Å²) in [5.74, 6) is 1.57. The second-order valence-corrected chi connectivity index (χ2v) is 5.38. The van der Waals surface area contributed by atoms with Crippen LogP contribution in [0.2, 0.25) is 0 Å². The lowest BCUT2D eigenvalue weighted by Crippen LogP contribution is -2.38. The Kier molecular flexibility index (Phi) is 7.26. The first-order valence-electron chi connectivity index (χ1n) is 6.21. The molecule has 0 aliphatic heterocycles. The number of rotatable bonds is 7. The lowest BCUT2D eigenvalue weighted by atomic mass is 10.1. The van der Waals surface area contributed by atoms with Crippen molar-refractivity contribution in [3.8, 4) is 0 Å². The van der Waals surface area contributed by atoms with Gasteiger partial charge in [0.15, 0.2) is 0 Å². The molecule has 0 aromatic heterocycles. The van der Waals surface area contributed by atoms with Crippen LogP contribution in [-0.2, 0) is 0 Å². The van der Waals surface area contributed by atoms with E-state index < -0.39 is 0 Å². The lowest BCUT2D eigenvalue weighted by molar-refractivity contribution is 0.158. The normalized spacial score (nSPS) is 14.4. The van der Waals surface area contributed by atoms with E-state index in [9.17, 15) is 0 Å². The van der Waals surface area contributed by atoms with Crippen molar-refractivity contribution in [2.75, 3.05) is 13.1 Å². The molecule has 0 spiro atoms. The molecule has 0 aliphatic carbocycles. The topological polar surface area (TPSA) is 3.24 Å². The maximum Gasteiger partial charge on any atom is 0.00670 e. The predicted octanol–water partition coefficient (Wildman–Crippen LogP) is 3.79. The largest absolute Gasteiger partial charge is 0.300 e. The van der Waals surface area contributed by atoms with Crippen LogP contribution >= 0.6 is 0 Å². The molecule has 0 bridgehead atoms. The summed E-state index contributed by atoms with van der Waals surface area (Å²) in [6.45, 7) is 16.4. The Labute approximate surface area is 90.9 Å². The van der Waals surface area contributed by atoms with Gasteiger partial charge in [0.2, 0.25) is 0 Å². The quantitative estimate of drug-likeness (QED) is 0.603. The molecule has 0 N–H and O–H groups in total. The molecule has 0 aromatic rings. The first-order chi connectivity index (χ1) is 6.47. The van der Waals surface area contributed by atoms with Crippen molar-refractivity contribution in [1.29, 1.82) is 0 Å². The van der Waals surface area contributed by atoms with Gasteiger partial charge in [-0.25, -0.2) is 0 Å². The Bertz CT molecular complexity index is 119. The summed E-state index contributed by atoms with van der Waals surface area (Å²) in [5, 5.41) is 0. The SMILES string of the molecule is CCCC(C)N(CC(C)C)CC(C)C. The lowest BCUT2D eigenvalue weighted by Gasteiger charge is -2.32. The molecule has 0 saturated carbocycles. The van der Waals surface area contributed by atoms with Gasteiger partial charge in [0.05, 0.1) is 0 Å². The van der Waals surface area contributed by atoms with E-state index in [1.165, 1.54) is 25.9 Å². The molecule has 0 saturated heterocycles. The van der Waals surface area contributed by atoms with Gasteiger partial charge >= 0.3 is 0 Å². The summed E-state index contributed by atoms with van der Waals surface area (Å²) >= 11 is 0. The van der Waals surface area contributed by atoms with Crippen molar-refractivity contribution in [3.63, 3.8) is 0 Å². The van der Waals surface area contributed by atoms with Crippen LogP contribution in [0.1, 0.15) is 54.4 Å². The van der Waals surface area contributed by atoms with Crippen molar-refractivity contribution in [3.05, 3.63) is 0 Å². The minimum absolute atomic E-state index is 0.754. The molecule has 86 valence electrons. The minimum Gasteiger partial charge on any atom is -0.300 e. The van der Waals surface area contributed by atoms with Gasteiger partial charge in [-0.2, -0.15) is 0 Å². The van der Waals surface area contributed by atoms with Gasteiger partial charge in [0.1, 0.15) is 0 Å². The Hall–Kier alpha value is -0.0400. The van der Waals surface area contributed by atoms with Crippen LogP contribution in [0.15, 0.2) is 0 Å². The van der Waals surface area contributed by atoms with Crippen LogP contribution in [0.25, 0.3) is 0 Å². The second kappa shape index (κ2) is 7.28. The summed E-state index contributed by atoms with van der Waals surface area (Å²) in [6.07, 6.45) is 2.63. The third-order valence-corrected chi connectivity index (χ3v) is 2.53. The van der Waals surface area contributed by atoms with Crippen LogP contribution in [-0.4, -0.2) is 24.0 Å². The third kappa shape index (κ3) is 6.42. The Morgan fingerprint density at radius 1 is 0.857 bits per heavy atom. The van der Waals surface area contributed by atoms with Gasteiger partial charge in [-0.15, -0.1) is 0 Å². The molecule has 14 heavy (non-hydrogen) atoms. The van der Waals surface area contributed by atoms with Crippen LogP contribution in [0.3, 0.4) is 0 Å². The van der Waals surface area contributed by atoms with Crippen molar-refractivity contribution in [2.24, 2.45) is 11.8 Å². The van der Waals surface area contributed by atoms with Crippen LogP contribution in [0.4, 0.5) is 0 Å². The molecule has 0 heterocycles. The fourth-order valence-corrected chi connectivity index (χ4v) is 1.97. The van der Waals surface area contributed by atoms with Gasteiger partial charge in [-0.1, -0.05) is 41.0 Å². The molecule has 0 aromatic carbocycles. The molecule has 0 amide bonds. The molecule has 0 rings (SSSR count). The molecule has 1 heteroatoms. The molecule has 1 nitrogen and oxygen atoms in total. The highest BCUT2D eigenvalue weighted by Gasteiger charge is 2.15. The molecule has 0 radical (unpaired) electrons. The van der Waals surface area contributed by atoms with E-state index >= 15 is 0 Å². The van der Waals surface area contributed by atoms with Crippen molar-refractivity contribution >= 4 is 0 Å². The molecule has 1 atom stereocenters. The number of nitrogens with zero attached hydrogens (tertiary/aromatic N) is 1. The maximum atomic E-state index is 2.65. The summed E-state index contributed by atoms with van der Waals surface area (Å²) in [5.41, 5.74) is 0. The fraction of sp³-hybridized carbons (Fsp3) is 1.00. The van der Waals surface area contributed by atoms with Crippen molar-refractivity contribution in [1.82, 2.24) is 4.90 Å². The molecular formula is C13H29N. The summed E-state index contributed by atoms with van der Waals surface area (Å²) in [4.78, 5) is 2.65. The average molecular weight is 199 g/mol. The summed E-state index contributed by atoms with van der Waals surface area (Å²) in [7, 11) is 0. The van der Waals surface area contributed by atoms with Gasteiger partial charge in [0, 0.05) is 19.1 Å². The minimum atomic E-state index is 0.754. The van der Waals surface area contributed by atoms with Crippen LogP contribution in [0.5, 0.6) is 0 Å². The molecule has 0 aliphatic rings. The van der Waals surface area contributed by atoms with Gasteiger partial charge in [-0.05, 0) is 25.2 Å². The first kappa shape index (κ1) is 14.0. The van der Waals surface area contributed by atoms with Crippen LogP contribution in [0, 0.1) is 11.8 Å². The zero-order chi connectivity index (χ0) is 11.1. The number of hydrogen-bond acceptors (Lipinski definition) is 1. The molecule has 0 fully saturated rings. The molecular weight excluding hydrogens is 170 g/mol. The second-order valence-electron chi connectivity index (χ2n) is 5.38. The highest BCUT2D eigenvalue weighted by Crippen LogP contribution is 2.11. The highest BCUT2D eigenvalue weighted by molar-refractivity contribution is 4.69.